The molecular formula is C20H27N3O4S2. The maximum Gasteiger partial charge on any atom is 0.241 e. The highest BCUT2D eigenvalue weighted by molar-refractivity contribution is 7.89. The lowest BCUT2D eigenvalue weighted by molar-refractivity contribution is -0.128. The molecule has 0 spiro atoms. The van der Waals surface area contributed by atoms with Crippen molar-refractivity contribution in [3.8, 4) is 0 Å². The average Bonchev–Trinajstić information content (AvgIpc) is 3.11. The number of carbonyl (C=O) groups is 2. The van der Waals surface area contributed by atoms with Crippen LogP contribution in [0.25, 0.3) is 0 Å². The number of rotatable bonds is 8. The molecule has 0 radical (unpaired) electrons. The third-order valence-corrected chi connectivity index (χ3v) is 6.23. The summed E-state index contributed by atoms with van der Waals surface area (Å²) < 4.78 is 27.9. The molecule has 29 heavy (non-hydrogen) atoms. The summed E-state index contributed by atoms with van der Waals surface area (Å²) in [6.45, 7) is 7.55. The van der Waals surface area contributed by atoms with Crippen LogP contribution in [-0.4, -0.2) is 31.8 Å². The van der Waals surface area contributed by atoms with Crippen molar-refractivity contribution in [2.45, 2.75) is 57.1 Å². The van der Waals surface area contributed by atoms with E-state index >= 15 is 0 Å². The van der Waals surface area contributed by atoms with Crippen molar-refractivity contribution in [3.63, 3.8) is 0 Å². The van der Waals surface area contributed by atoms with E-state index in [-0.39, 0.29) is 17.9 Å². The van der Waals surface area contributed by atoms with Gasteiger partial charge in [0.25, 0.3) is 0 Å². The zero-order valence-electron chi connectivity index (χ0n) is 17.0. The molecule has 1 atom stereocenters. The fourth-order valence-corrected chi connectivity index (χ4v) is 4.37. The van der Waals surface area contributed by atoms with Gasteiger partial charge in [-0.2, -0.15) is 4.72 Å². The van der Waals surface area contributed by atoms with Crippen LogP contribution in [0.4, 0.5) is 0 Å². The molecule has 0 aliphatic rings. The largest absolute Gasteiger partial charge is 0.351 e. The Balaban J connectivity index is 2.17. The number of carbonyl (C=O) groups excluding carboxylic acids is 2. The van der Waals surface area contributed by atoms with E-state index in [1.807, 2.05) is 45.2 Å². The summed E-state index contributed by atoms with van der Waals surface area (Å²) in [6.07, 6.45) is -0.307. The van der Waals surface area contributed by atoms with E-state index in [2.05, 4.69) is 15.4 Å². The molecule has 0 fully saturated rings. The Labute approximate surface area is 176 Å². The van der Waals surface area contributed by atoms with Crippen LogP contribution in [0.3, 0.4) is 0 Å². The van der Waals surface area contributed by atoms with E-state index in [0.717, 1.165) is 10.4 Å². The van der Waals surface area contributed by atoms with Crippen molar-refractivity contribution in [3.05, 3.63) is 52.2 Å². The van der Waals surface area contributed by atoms with Gasteiger partial charge in [0.05, 0.1) is 17.9 Å². The number of benzene rings is 1. The van der Waals surface area contributed by atoms with E-state index in [4.69, 9.17) is 0 Å². The Morgan fingerprint density at radius 1 is 1.10 bits per heavy atom. The third-order valence-electron chi connectivity index (χ3n) is 3.87. The van der Waals surface area contributed by atoms with Gasteiger partial charge in [-0.15, -0.1) is 11.3 Å². The van der Waals surface area contributed by atoms with Crippen LogP contribution in [-0.2, 0) is 26.2 Å². The van der Waals surface area contributed by atoms with Gasteiger partial charge in [-0.25, -0.2) is 8.42 Å². The lowest BCUT2D eigenvalue weighted by atomic mass is 10.1. The van der Waals surface area contributed by atoms with Gasteiger partial charge in [0.15, 0.2) is 0 Å². The maximum atomic E-state index is 12.7. The molecule has 1 aromatic heterocycles. The quantitative estimate of drug-likeness (QED) is 0.589. The first kappa shape index (κ1) is 23.1. The van der Waals surface area contributed by atoms with Crippen LogP contribution in [0.1, 0.15) is 37.6 Å². The summed E-state index contributed by atoms with van der Waals surface area (Å²) in [6, 6.07) is 8.77. The summed E-state index contributed by atoms with van der Waals surface area (Å²) in [5.74, 6) is -0.974. The van der Waals surface area contributed by atoms with Crippen molar-refractivity contribution in [2.24, 2.45) is 0 Å². The molecule has 0 saturated heterocycles. The van der Waals surface area contributed by atoms with Gasteiger partial charge in [0.2, 0.25) is 21.8 Å². The van der Waals surface area contributed by atoms with Gasteiger partial charge in [0, 0.05) is 10.4 Å². The Morgan fingerprint density at radius 3 is 2.31 bits per heavy atom. The highest BCUT2D eigenvalue weighted by Crippen LogP contribution is 2.13. The van der Waals surface area contributed by atoms with Crippen LogP contribution < -0.4 is 15.4 Å². The molecule has 2 aromatic rings. The smallest absolute Gasteiger partial charge is 0.241 e. The standard InChI is InChI=1S/C20H27N3O4S2/c1-14-7-9-16(10-8-14)29(26,27)23-17(12-18(24)22-20(2,3)4)19(25)21-13-15-6-5-11-28-15/h5-11,17,23H,12-13H2,1-4H3,(H,21,25)(H,22,24)/t17-/m0/s1. The first-order valence-corrected chi connectivity index (χ1v) is 11.5. The number of hydrogen-bond donors (Lipinski definition) is 3. The molecule has 0 saturated carbocycles. The lowest BCUT2D eigenvalue weighted by Gasteiger charge is -2.23. The average molecular weight is 438 g/mol. The van der Waals surface area contributed by atoms with Crippen LogP contribution in [0.5, 0.6) is 0 Å². The molecule has 1 aromatic carbocycles. The van der Waals surface area contributed by atoms with E-state index < -0.39 is 33.4 Å². The molecule has 158 valence electrons. The number of sulfonamides is 1. The summed E-state index contributed by atoms with van der Waals surface area (Å²) in [7, 11) is -3.97. The Bertz CT molecular complexity index is 931. The first-order chi connectivity index (χ1) is 13.5. The number of hydrogen-bond acceptors (Lipinski definition) is 5. The number of nitrogens with one attached hydrogen (secondary N) is 3. The first-order valence-electron chi connectivity index (χ1n) is 9.16. The van der Waals surface area contributed by atoms with E-state index in [1.54, 1.807) is 12.1 Å². The predicted octanol–water partition coefficient (Wildman–Crippen LogP) is 2.32. The van der Waals surface area contributed by atoms with Crippen molar-refractivity contribution >= 4 is 33.2 Å². The topological polar surface area (TPSA) is 104 Å². The molecule has 3 N–H and O–H groups in total. The van der Waals surface area contributed by atoms with Gasteiger partial charge < -0.3 is 10.6 Å². The minimum atomic E-state index is -3.97. The highest BCUT2D eigenvalue weighted by Gasteiger charge is 2.29. The van der Waals surface area contributed by atoms with Crippen LogP contribution in [0, 0.1) is 6.92 Å². The Kier molecular flexibility index (Phi) is 7.56. The summed E-state index contributed by atoms with van der Waals surface area (Å²) in [4.78, 5) is 26.0. The molecule has 1 heterocycles. The van der Waals surface area contributed by atoms with Gasteiger partial charge in [0.1, 0.15) is 6.04 Å². The second kappa shape index (κ2) is 9.51. The minimum absolute atomic E-state index is 0.0374. The zero-order chi connectivity index (χ0) is 21.7. The molecule has 0 aliphatic heterocycles. The SMILES string of the molecule is Cc1ccc(S(=O)(=O)N[C@@H](CC(=O)NC(C)(C)C)C(=O)NCc2cccs2)cc1. The Hall–Kier alpha value is -2.23. The summed E-state index contributed by atoms with van der Waals surface area (Å²) >= 11 is 1.48. The van der Waals surface area contributed by atoms with Crippen LogP contribution in [0.2, 0.25) is 0 Å². The maximum absolute atomic E-state index is 12.7. The minimum Gasteiger partial charge on any atom is -0.351 e. The molecule has 2 rings (SSSR count). The predicted molar refractivity (Wildman–Crippen MR) is 114 cm³/mol. The molecule has 0 unspecified atom stereocenters. The number of thiophene rings is 1. The van der Waals surface area contributed by atoms with Crippen LogP contribution >= 0.6 is 11.3 Å². The second-order valence-corrected chi connectivity index (χ2v) is 10.5. The second-order valence-electron chi connectivity index (χ2n) is 7.79. The van der Waals surface area contributed by atoms with Crippen molar-refractivity contribution in [2.75, 3.05) is 0 Å². The number of amides is 2. The Morgan fingerprint density at radius 2 is 1.76 bits per heavy atom. The molecular weight excluding hydrogens is 410 g/mol. The van der Waals surface area contributed by atoms with E-state index in [0.29, 0.717) is 0 Å². The molecule has 7 nitrogen and oxygen atoms in total. The molecule has 0 bridgehead atoms. The van der Waals surface area contributed by atoms with E-state index in [1.165, 1.54) is 23.5 Å². The van der Waals surface area contributed by atoms with Gasteiger partial charge >= 0.3 is 0 Å². The van der Waals surface area contributed by atoms with Gasteiger partial charge in [-0.05, 0) is 51.3 Å². The monoisotopic (exact) mass is 437 g/mol. The summed E-state index contributed by atoms with van der Waals surface area (Å²) in [5, 5.41) is 7.34. The van der Waals surface area contributed by atoms with Crippen molar-refractivity contribution < 1.29 is 18.0 Å². The third kappa shape index (κ3) is 7.60. The lowest BCUT2D eigenvalue weighted by Crippen LogP contribution is -2.50. The van der Waals surface area contributed by atoms with E-state index in [9.17, 15) is 18.0 Å². The van der Waals surface area contributed by atoms with Crippen molar-refractivity contribution in [1.82, 2.24) is 15.4 Å². The van der Waals surface area contributed by atoms with Crippen molar-refractivity contribution in [1.29, 1.82) is 0 Å². The fourth-order valence-electron chi connectivity index (χ4n) is 2.53. The molecule has 2 amide bonds. The highest BCUT2D eigenvalue weighted by atomic mass is 32.2. The molecule has 0 aliphatic carbocycles. The van der Waals surface area contributed by atoms with Gasteiger partial charge in [-0.3, -0.25) is 9.59 Å². The summed E-state index contributed by atoms with van der Waals surface area (Å²) in [5.41, 5.74) is 0.420. The number of aryl methyl sites for hydroxylation is 1. The molecule has 9 heteroatoms. The van der Waals surface area contributed by atoms with Crippen LogP contribution in [0.15, 0.2) is 46.7 Å². The fraction of sp³-hybridized carbons (Fsp3) is 0.400. The normalized spacial score (nSPS) is 13.0. The van der Waals surface area contributed by atoms with Gasteiger partial charge in [-0.1, -0.05) is 23.8 Å². The zero-order valence-corrected chi connectivity index (χ0v) is 18.6.